The minimum atomic E-state index is 0.309. The summed E-state index contributed by atoms with van der Waals surface area (Å²) in [4.78, 5) is 4.58. The van der Waals surface area contributed by atoms with Crippen LogP contribution >= 0.6 is 0 Å². The molecular weight excluding hydrogens is 302 g/mol. The summed E-state index contributed by atoms with van der Waals surface area (Å²) in [7, 11) is 0. The predicted octanol–water partition coefficient (Wildman–Crippen LogP) is 3.39. The molecule has 1 fully saturated rings. The van der Waals surface area contributed by atoms with Crippen molar-refractivity contribution < 1.29 is 9.26 Å². The molecule has 0 aliphatic carbocycles. The van der Waals surface area contributed by atoms with E-state index in [1.807, 2.05) is 54.6 Å². The highest BCUT2D eigenvalue weighted by molar-refractivity contribution is 5.63. The highest BCUT2D eigenvalue weighted by Crippen LogP contribution is 2.30. The highest BCUT2D eigenvalue weighted by atomic mass is 16.5. The van der Waals surface area contributed by atoms with E-state index >= 15 is 0 Å². The molecule has 4 rings (SSSR count). The maximum atomic E-state index is 5.98. The lowest BCUT2D eigenvalue weighted by atomic mass is 10.1. The summed E-state index contributed by atoms with van der Waals surface area (Å²) in [5.41, 5.74) is 1.98. The SMILES string of the molecule is c1ccc(COc2ccccc2-c2noc([C@H]3CCNC3)n2)cc1. The van der Waals surface area contributed by atoms with E-state index in [-0.39, 0.29) is 0 Å². The number of ether oxygens (including phenoxy) is 1. The lowest BCUT2D eigenvalue weighted by molar-refractivity contribution is 0.307. The van der Waals surface area contributed by atoms with E-state index in [2.05, 4.69) is 15.5 Å². The molecule has 1 aliphatic heterocycles. The Kier molecular flexibility index (Phi) is 4.25. The topological polar surface area (TPSA) is 60.2 Å². The van der Waals surface area contributed by atoms with Gasteiger partial charge in [0, 0.05) is 6.54 Å². The summed E-state index contributed by atoms with van der Waals surface area (Å²) in [6.07, 6.45) is 1.04. The van der Waals surface area contributed by atoms with E-state index in [0.29, 0.717) is 24.2 Å². The van der Waals surface area contributed by atoms with Crippen LogP contribution in [0.2, 0.25) is 0 Å². The van der Waals surface area contributed by atoms with Crippen molar-refractivity contribution >= 4 is 0 Å². The molecule has 0 radical (unpaired) electrons. The molecule has 24 heavy (non-hydrogen) atoms. The van der Waals surface area contributed by atoms with Gasteiger partial charge in [0.25, 0.3) is 0 Å². The van der Waals surface area contributed by atoms with Crippen LogP contribution in [0.5, 0.6) is 5.75 Å². The summed E-state index contributed by atoms with van der Waals surface area (Å²) >= 11 is 0. The van der Waals surface area contributed by atoms with Crippen molar-refractivity contribution in [1.82, 2.24) is 15.5 Å². The smallest absolute Gasteiger partial charge is 0.231 e. The van der Waals surface area contributed by atoms with Crippen LogP contribution in [0.3, 0.4) is 0 Å². The third kappa shape index (κ3) is 3.16. The van der Waals surface area contributed by atoms with Crippen molar-refractivity contribution in [2.24, 2.45) is 0 Å². The van der Waals surface area contributed by atoms with E-state index in [1.54, 1.807) is 0 Å². The molecule has 0 amide bonds. The fourth-order valence-electron chi connectivity index (χ4n) is 2.89. The van der Waals surface area contributed by atoms with Crippen molar-refractivity contribution in [1.29, 1.82) is 0 Å². The molecule has 2 heterocycles. The van der Waals surface area contributed by atoms with Gasteiger partial charge in [-0.25, -0.2) is 0 Å². The maximum Gasteiger partial charge on any atom is 0.231 e. The first kappa shape index (κ1) is 14.9. The molecule has 1 N–H and O–H groups in total. The molecule has 1 saturated heterocycles. The quantitative estimate of drug-likeness (QED) is 0.780. The Morgan fingerprint density at radius 2 is 1.92 bits per heavy atom. The lowest BCUT2D eigenvalue weighted by Gasteiger charge is -2.09. The highest BCUT2D eigenvalue weighted by Gasteiger charge is 2.23. The fourth-order valence-corrected chi connectivity index (χ4v) is 2.89. The molecule has 0 saturated carbocycles. The van der Waals surface area contributed by atoms with Gasteiger partial charge in [-0.1, -0.05) is 47.6 Å². The zero-order valence-electron chi connectivity index (χ0n) is 13.3. The van der Waals surface area contributed by atoms with Gasteiger partial charge in [0.1, 0.15) is 12.4 Å². The molecule has 1 atom stereocenters. The van der Waals surface area contributed by atoms with Crippen LogP contribution in [0.1, 0.15) is 23.8 Å². The molecule has 3 aromatic rings. The first-order valence-corrected chi connectivity index (χ1v) is 8.20. The Bertz CT molecular complexity index is 795. The summed E-state index contributed by atoms with van der Waals surface area (Å²) in [5.74, 6) is 2.36. The maximum absolute atomic E-state index is 5.98. The summed E-state index contributed by atoms with van der Waals surface area (Å²) in [6.45, 7) is 2.40. The van der Waals surface area contributed by atoms with Gasteiger partial charge in [-0.2, -0.15) is 4.98 Å². The van der Waals surface area contributed by atoms with Gasteiger partial charge >= 0.3 is 0 Å². The van der Waals surface area contributed by atoms with Gasteiger partial charge in [0.15, 0.2) is 0 Å². The number of nitrogens with one attached hydrogen (secondary N) is 1. The monoisotopic (exact) mass is 321 g/mol. The second kappa shape index (κ2) is 6.84. The Morgan fingerprint density at radius 1 is 1.08 bits per heavy atom. The molecule has 5 nitrogen and oxygen atoms in total. The largest absolute Gasteiger partial charge is 0.488 e. The van der Waals surface area contributed by atoms with E-state index in [4.69, 9.17) is 9.26 Å². The normalized spacial score (nSPS) is 17.1. The number of nitrogens with zero attached hydrogens (tertiary/aromatic N) is 2. The van der Waals surface area contributed by atoms with E-state index in [0.717, 1.165) is 36.4 Å². The summed E-state index contributed by atoms with van der Waals surface area (Å²) in [6, 6.07) is 17.9. The van der Waals surface area contributed by atoms with Gasteiger partial charge in [0.05, 0.1) is 11.5 Å². The fraction of sp³-hybridized carbons (Fsp3) is 0.263. The number of hydrogen-bond acceptors (Lipinski definition) is 5. The van der Waals surface area contributed by atoms with Crippen molar-refractivity contribution in [2.45, 2.75) is 18.9 Å². The summed E-state index contributed by atoms with van der Waals surface area (Å²) in [5, 5.41) is 7.47. The van der Waals surface area contributed by atoms with Crippen LogP contribution in [0, 0.1) is 0 Å². The van der Waals surface area contributed by atoms with E-state index < -0.39 is 0 Å². The van der Waals surface area contributed by atoms with Crippen molar-refractivity contribution in [3.8, 4) is 17.1 Å². The molecule has 2 aromatic carbocycles. The molecule has 1 aromatic heterocycles. The second-order valence-electron chi connectivity index (χ2n) is 5.92. The van der Waals surface area contributed by atoms with E-state index in [9.17, 15) is 0 Å². The zero-order valence-corrected chi connectivity index (χ0v) is 13.3. The van der Waals surface area contributed by atoms with Crippen LogP contribution in [0.15, 0.2) is 59.1 Å². The number of para-hydroxylation sites is 1. The van der Waals surface area contributed by atoms with Gasteiger partial charge in [-0.05, 0) is 30.7 Å². The van der Waals surface area contributed by atoms with Crippen LogP contribution in [0.25, 0.3) is 11.4 Å². The van der Waals surface area contributed by atoms with Crippen LogP contribution in [-0.2, 0) is 6.61 Å². The van der Waals surface area contributed by atoms with Gasteiger partial charge in [-0.15, -0.1) is 0 Å². The predicted molar refractivity (Wildman–Crippen MR) is 90.7 cm³/mol. The first-order chi connectivity index (χ1) is 11.9. The average molecular weight is 321 g/mol. The number of benzene rings is 2. The van der Waals surface area contributed by atoms with E-state index in [1.165, 1.54) is 0 Å². The summed E-state index contributed by atoms with van der Waals surface area (Å²) < 4.78 is 11.4. The third-order valence-electron chi connectivity index (χ3n) is 4.22. The van der Waals surface area contributed by atoms with Crippen molar-refractivity contribution in [3.63, 3.8) is 0 Å². The molecule has 1 aliphatic rings. The molecule has 0 spiro atoms. The van der Waals surface area contributed by atoms with Gasteiger partial charge in [0.2, 0.25) is 11.7 Å². The Morgan fingerprint density at radius 3 is 2.75 bits per heavy atom. The number of rotatable bonds is 5. The second-order valence-corrected chi connectivity index (χ2v) is 5.92. The zero-order chi connectivity index (χ0) is 16.2. The first-order valence-electron chi connectivity index (χ1n) is 8.20. The Hall–Kier alpha value is -2.66. The van der Waals surface area contributed by atoms with Crippen LogP contribution in [-0.4, -0.2) is 23.2 Å². The lowest BCUT2D eigenvalue weighted by Crippen LogP contribution is -2.08. The molecule has 0 unspecified atom stereocenters. The molecular formula is C19H19N3O2. The third-order valence-corrected chi connectivity index (χ3v) is 4.22. The van der Waals surface area contributed by atoms with Crippen molar-refractivity contribution in [2.75, 3.05) is 13.1 Å². The molecule has 122 valence electrons. The van der Waals surface area contributed by atoms with Gasteiger partial charge < -0.3 is 14.6 Å². The number of hydrogen-bond donors (Lipinski definition) is 1. The Labute approximate surface area is 140 Å². The van der Waals surface area contributed by atoms with Gasteiger partial charge in [-0.3, -0.25) is 0 Å². The Balaban J connectivity index is 1.55. The number of aromatic nitrogens is 2. The van der Waals surface area contributed by atoms with Crippen LogP contribution < -0.4 is 10.1 Å². The molecule has 0 bridgehead atoms. The molecule has 5 heteroatoms. The minimum Gasteiger partial charge on any atom is -0.488 e. The standard InChI is InChI=1S/C19H19N3O2/c1-2-6-14(7-3-1)13-23-17-9-5-4-8-16(17)18-21-19(24-22-18)15-10-11-20-12-15/h1-9,15,20H,10-13H2/t15-/m0/s1. The minimum absolute atomic E-state index is 0.309. The van der Waals surface area contributed by atoms with Crippen LogP contribution in [0.4, 0.5) is 0 Å². The van der Waals surface area contributed by atoms with Crippen molar-refractivity contribution in [3.05, 3.63) is 66.1 Å². The average Bonchev–Trinajstić information content (AvgIpc) is 3.32.